The van der Waals surface area contributed by atoms with E-state index in [1.54, 1.807) is 0 Å². The molecule has 23 heavy (non-hydrogen) atoms. The monoisotopic (exact) mass is 332 g/mol. The average Bonchev–Trinajstić information content (AvgIpc) is 3.12. The Morgan fingerprint density at radius 3 is 2.52 bits per heavy atom. The molecule has 2 atom stereocenters. The molecule has 1 aliphatic carbocycles. The van der Waals surface area contributed by atoms with E-state index in [-0.39, 0.29) is 5.41 Å². The quantitative estimate of drug-likeness (QED) is 0.899. The van der Waals surface area contributed by atoms with Crippen molar-refractivity contribution in [2.24, 2.45) is 0 Å². The SMILES string of the molecule is O=C(N1C2CCNCC1CC2)C1(c2ccc(Cl)cc2)CCCC1. The number of fused-ring (bicyclic) bond motifs is 2. The highest BCUT2D eigenvalue weighted by molar-refractivity contribution is 6.30. The molecule has 2 heterocycles. The first-order chi connectivity index (χ1) is 11.2. The molecule has 2 bridgehead atoms. The van der Waals surface area contributed by atoms with Crippen molar-refractivity contribution in [2.75, 3.05) is 13.1 Å². The van der Waals surface area contributed by atoms with Crippen LogP contribution in [0.25, 0.3) is 0 Å². The van der Waals surface area contributed by atoms with Crippen LogP contribution >= 0.6 is 11.6 Å². The fourth-order valence-electron chi connectivity index (χ4n) is 4.93. The van der Waals surface area contributed by atoms with Crippen molar-refractivity contribution < 1.29 is 4.79 Å². The molecular formula is C19H25ClN2O. The van der Waals surface area contributed by atoms with Crippen molar-refractivity contribution in [3.63, 3.8) is 0 Å². The van der Waals surface area contributed by atoms with E-state index in [9.17, 15) is 4.79 Å². The summed E-state index contributed by atoms with van der Waals surface area (Å²) in [7, 11) is 0. The third kappa shape index (κ3) is 2.58. The maximum absolute atomic E-state index is 13.7. The Bertz CT molecular complexity index is 566. The molecule has 3 nitrogen and oxygen atoms in total. The van der Waals surface area contributed by atoms with Crippen molar-refractivity contribution in [1.82, 2.24) is 10.2 Å². The zero-order valence-corrected chi connectivity index (χ0v) is 14.3. The Labute approximate surface area is 143 Å². The van der Waals surface area contributed by atoms with Gasteiger partial charge in [-0.25, -0.2) is 0 Å². The van der Waals surface area contributed by atoms with E-state index in [1.807, 2.05) is 12.1 Å². The summed E-state index contributed by atoms with van der Waals surface area (Å²) >= 11 is 6.07. The van der Waals surface area contributed by atoms with Crippen molar-refractivity contribution in [3.8, 4) is 0 Å². The summed E-state index contributed by atoms with van der Waals surface area (Å²) in [5.41, 5.74) is 0.858. The summed E-state index contributed by atoms with van der Waals surface area (Å²) in [6.07, 6.45) is 7.69. The van der Waals surface area contributed by atoms with Gasteiger partial charge in [-0.05, 0) is 56.3 Å². The predicted molar refractivity (Wildman–Crippen MR) is 92.7 cm³/mol. The number of hydrogen-bond acceptors (Lipinski definition) is 2. The topological polar surface area (TPSA) is 32.3 Å². The third-order valence-corrected chi connectivity index (χ3v) is 6.40. The van der Waals surface area contributed by atoms with Gasteiger partial charge in [0, 0.05) is 23.7 Å². The number of amides is 1. The van der Waals surface area contributed by atoms with E-state index in [0.717, 1.165) is 56.6 Å². The molecule has 3 aliphatic rings. The summed E-state index contributed by atoms with van der Waals surface area (Å²) < 4.78 is 0. The maximum Gasteiger partial charge on any atom is 0.233 e. The smallest absolute Gasteiger partial charge is 0.233 e. The molecule has 1 aromatic rings. The third-order valence-electron chi connectivity index (χ3n) is 6.15. The van der Waals surface area contributed by atoms with Gasteiger partial charge < -0.3 is 10.2 Å². The second-order valence-corrected chi connectivity index (χ2v) is 7.82. The fraction of sp³-hybridized carbons (Fsp3) is 0.632. The van der Waals surface area contributed by atoms with Gasteiger partial charge in [0.25, 0.3) is 0 Å². The Morgan fingerprint density at radius 2 is 1.78 bits per heavy atom. The van der Waals surface area contributed by atoms with Crippen LogP contribution in [0.15, 0.2) is 24.3 Å². The van der Waals surface area contributed by atoms with Gasteiger partial charge in [-0.15, -0.1) is 0 Å². The molecule has 2 saturated heterocycles. The highest BCUT2D eigenvalue weighted by Gasteiger charge is 2.49. The highest BCUT2D eigenvalue weighted by atomic mass is 35.5. The zero-order valence-electron chi connectivity index (χ0n) is 13.6. The first-order valence-electron chi connectivity index (χ1n) is 9.00. The minimum absolute atomic E-state index is 0.310. The summed E-state index contributed by atoms with van der Waals surface area (Å²) in [6, 6.07) is 8.84. The largest absolute Gasteiger partial charge is 0.335 e. The second kappa shape index (κ2) is 6.10. The van der Waals surface area contributed by atoms with Gasteiger partial charge in [0.1, 0.15) is 0 Å². The number of halogens is 1. The molecular weight excluding hydrogens is 308 g/mol. The van der Waals surface area contributed by atoms with Crippen LogP contribution in [0.5, 0.6) is 0 Å². The van der Waals surface area contributed by atoms with Gasteiger partial charge in [-0.1, -0.05) is 36.6 Å². The second-order valence-electron chi connectivity index (χ2n) is 7.39. The van der Waals surface area contributed by atoms with Crippen LogP contribution in [0.4, 0.5) is 0 Å². The van der Waals surface area contributed by atoms with Crippen LogP contribution in [0.2, 0.25) is 5.02 Å². The number of nitrogens with one attached hydrogen (secondary N) is 1. The van der Waals surface area contributed by atoms with E-state index >= 15 is 0 Å². The number of benzene rings is 1. The van der Waals surface area contributed by atoms with Crippen LogP contribution < -0.4 is 5.32 Å². The number of nitrogens with zero attached hydrogens (tertiary/aromatic N) is 1. The summed E-state index contributed by atoms with van der Waals surface area (Å²) in [5, 5.41) is 4.25. The molecule has 0 radical (unpaired) electrons. The molecule has 1 N–H and O–H groups in total. The lowest BCUT2D eigenvalue weighted by molar-refractivity contribution is -0.140. The molecule has 1 saturated carbocycles. The number of rotatable bonds is 2. The Morgan fingerprint density at radius 1 is 1.09 bits per heavy atom. The van der Waals surface area contributed by atoms with Crippen molar-refractivity contribution in [3.05, 3.63) is 34.9 Å². The number of hydrogen-bond donors (Lipinski definition) is 1. The minimum atomic E-state index is -0.310. The van der Waals surface area contributed by atoms with Crippen LogP contribution in [0.1, 0.15) is 50.5 Å². The molecule has 1 amide bonds. The Balaban J connectivity index is 1.70. The van der Waals surface area contributed by atoms with Gasteiger partial charge in [-0.3, -0.25) is 4.79 Å². The molecule has 0 spiro atoms. The van der Waals surface area contributed by atoms with Crippen LogP contribution in [-0.2, 0) is 10.2 Å². The molecule has 2 aliphatic heterocycles. The van der Waals surface area contributed by atoms with E-state index in [0.29, 0.717) is 18.0 Å². The minimum Gasteiger partial charge on any atom is -0.335 e. The molecule has 0 aromatic heterocycles. The highest BCUT2D eigenvalue weighted by Crippen LogP contribution is 2.45. The first-order valence-corrected chi connectivity index (χ1v) is 9.38. The van der Waals surface area contributed by atoms with Gasteiger partial charge in [0.05, 0.1) is 5.41 Å². The van der Waals surface area contributed by atoms with E-state index in [1.165, 1.54) is 12.0 Å². The van der Waals surface area contributed by atoms with E-state index in [4.69, 9.17) is 11.6 Å². The zero-order chi connectivity index (χ0) is 15.9. The standard InChI is InChI=1S/C19H25ClN2O/c20-15-5-3-14(4-6-15)19(10-1-2-11-19)18(23)22-16-7-8-17(22)13-21-12-9-16/h3-6,16-17,21H,1-2,7-13H2. The molecule has 124 valence electrons. The Hall–Kier alpha value is -1.06. The lowest BCUT2D eigenvalue weighted by Gasteiger charge is -2.38. The van der Waals surface area contributed by atoms with Crippen molar-refractivity contribution in [1.29, 1.82) is 0 Å². The average molecular weight is 333 g/mol. The molecule has 4 rings (SSSR count). The number of carbonyl (C=O) groups excluding carboxylic acids is 1. The predicted octanol–water partition coefficient (Wildman–Crippen LogP) is 3.50. The molecule has 4 heteroatoms. The van der Waals surface area contributed by atoms with Crippen molar-refractivity contribution in [2.45, 2.75) is 62.4 Å². The molecule has 2 unspecified atom stereocenters. The summed E-state index contributed by atoms with van der Waals surface area (Å²) in [5.74, 6) is 0.383. The van der Waals surface area contributed by atoms with E-state index in [2.05, 4.69) is 22.3 Å². The maximum atomic E-state index is 13.7. The molecule has 3 fully saturated rings. The lowest BCUT2D eigenvalue weighted by atomic mass is 9.77. The lowest BCUT2D eigenvalue weighted by Crippen LogP contribution is -2.51. The number of carbonyl (C=O) groups is 1. The van der Waals surface area contributed by atoms with Gasteiger partial charge in [0.2, 0.25) is 5.91 Å². The normalized spacial score (nSPS) is 29.5. The van der Waals surface area contributed by atoms with Gasteiger partial charge in [-0.2, -0.15) is 0 Å². The fourth-order valence-corrected chi connectivity index (χ4v) is 5.06. The van der Waals surface area contributed by atoms with E-state index < -0.39 is 0 Å². The van der Waals surface area contributed by atoms with Crippen LogP contribution in [-0.4, -0.2) is 36.0 Å². The Kier molecular flexibility index (Phi) is 4.10. The van der Waals surface area contributed by atoms with Gasteiger partial charge >= 0.3 is 0 Å². The summed E-state index contributed by atoms with van der Waals surface area (Å²) in [6.45, 7) is 2.00. The van der Waals surface area contributed by atoms with Crippen LogP contribution in [0, 0.1) is 0 Å². The summed E-state index contributed by atoms with van der Waals surface area (Å²) in [4.78, 5) is 16.0. The van der Waals surface area contributed by atoms with Crippen molar-refractivity contribution >= 4 is 17.5 Å². The van der Waals surface area contributed by atoms with Crippen LogP contribution in [0.3, 0.4) is 0 Å². The molecule has 1 aromatic carbocycles. The first kappa shape index (κ1) is 15.5. The van der Waals surface area contributed by atoms with Gasteiger partial charge in [0.15, 0.2) is 0 Å².